The normalized spacial score (nSPS) is 12.4. The van der Waals surface area contributed by atoms with Crippen LogP contribution in [-0.2, 0) is 6.42 Å². The first kappa shape index (κ1) is 12.8. The molecule has 2 aromatic rings. The number of benzene rings is 2. The molecule has 0 saturated carbocycles. The minimum absolute atomic E-state index is 0.208. The monoisotopic (exact) mass is 244 g/mol. The van der Waals surface area contributed by atoms with Crippen molar-refractivity contribution in [1.82, 2.24) is 0 Å². The van der Waals surface area contributed by atoms with Crippen molar-refractivity contribution in [2.75, 3.05) is 0 Å². The Morgan fingerprint density at radius 3 is 1.94 bits per heavy atom. The van der Waals surface area contributed by atoms with Gasteiger partial charge in [-0.05, 0) is 41.7 Å². The van der Waals surface area contributed by atoms with Crippen LogP contribution in [-0.4, -0.2) is 5.11 Å². The summed E-state index contributed by atoms with van der Waals surface area (Å²) in [6.07, 6.45) is 1.12. The summed E-state index contributed by atoms with van der Waals surface area (Å²) < 4.78 is 12.8. The number of hydrogen-bond acceptors (Lipinski definition) is 1. The third kappa shape index (κ3) is 3.17. The zero-order valence-corrected chi connectivity index (χ0v) is 10.4. The Labute approximate surface area is 107 Å². The molecule has 0 radical (unpaired) electrons. The van der Waals surface area contributed by atoms with E-state index in [1.165, 1.54) is 12.1 Å². The van der Waals surface area contributed by atoms with E-state index < -0.39 is 0 Å². The summed E-state index contributed by atoms with van der Waals surface area (Å²) in [6.45, 7) is 1.96. The van der Waals surface area contributed by atoms with Gasteiger partial charge in [-0.2, -0.15) is 0 Å². The van der Waals surface area contributed by atoms with Gasteiger partial charge in [0.2, 0.25) is 0 Å². The second kappa shape index (κ2) is 5.78. The topological polar surface area (TPSA) is 20.2 Å². The second-order valence-electron chi connectivity index (χ2n) is 4.47. The molecule has 1 N–H and O–H groups in total. The van der Waals surface area contributed by atoms with E-state index >= 15 is 0 Å². The summed E-state index contributed by atoms with van der Waals surface area (Å²) in [5.74, 6) is -0.208. The van der Waals surface area contributed by atoms with E-state index in [2.05, 4.69) is 0 Å². The molecule has 1 atom stereocenters. The maximum Gasteiger partial charge on any atom is 0.123 e. The molecule has 0 fully saturated rings. The second-order valence-corrected chi connectivity index (χ2v) is 4.47. The van der Waals surface area contributed by atoms with E-state index in [-0.39, 0.29) is 11.9 Å². The SMILES string of the molecule is CCC(O)c1ccc(Cc2ccc(F)cc2)cc1. The molecule has 2 rings (SSSR count). The number of aliphatic hydroxyl groups excluding tert-OH is 1. The summed E-state index contributed by atoms with van der Waals surface area (Å²) in [4.78, 5) is 0. The predicted octanol–water partition coefficient (Wildman–Crippen LogP) is 3.86. The smallest absolute Gasteiger partial charge is 0.123 e. The zero-order valence-electron chi connectivity index (χ0n) is 10.4. The molecule has 0 saturated heterocycles. The number of aliphatic hydroxyl groups is 1. The van der Waals surface area contributed by atoms with E-state index in [0.717, 1.165) is 29.5 Å². The Balaban J connectivity index is 2.08. The van der Waals surface area contributed by atoms with Crippen molar-refractivity contribution >= 4 is 0 Å². The van der Waals surface area contributed by atoms with Gasteiger partial charge in [0.15, 0.2) is 0 Å². The van der Waals surface area contributed by atoms with Crippen LogP contribution in [0.15, 0.2) is 48.5 Å². The molecule has 2 aromatic carbocycles. The molecule has 94 valence electrons. The lowest BCUT2D eigenvalue weighted by atomic mass is 10.0. The van der Waals surface area contributed by atoms with Gasteiger partial charge in [0.1, 0.15) is 5.82 Å². The highest BCUT2D eigenvalue weighted by molar-refractivity contribution is 5.29. The molecule has 1 nitrogen and oxygen atoms in total. The highest BCUT2D eigenvalue weighted by atomic mass is 19.1. The van der Waals surface area contributed by atoms with Crippen molar-refractivity contribution in [2.45, 2.75) is 25.9 Å². The van der Waals surface area contributed by atoms with Crippen molar-refractivity contribution < 1.29 is 9.50 Å². The van der Waals surface area contributed by atoms with Crippen molar-refractivity contribution in [3.05, 3.63) is 71.0 Å². The van der Waals surface area contributed by atoms with Gasteiger partial charge in [-0.3, -0.25) is 0 Å². The fraction of sp³-hybridized carbons (Fsp3) is 0.250. The van der Waals surface area contributed by atoms with Gasteiger partial charge < -0.3 is 5.11 Å². The van der Waals surface area contributed by atoms with Crippen LogP contribution in [0, 0.1) is 5.82 Å². The lowest BCUT2D eigenvalue weighted by Gasteiger charge is -2.09. The van der Waals surface area contributed by atoms with Crippen LogP contribution in [0.3, 0.4) is 0 Å². The van der Waals surface area contributed by atoms with Crippen LogP contribution in [0.4, 0.5) is 4.39 Å². The molecular formula is C16H17FO. The van der Waals surface area contributed by atoms with Crippen LogP contribution < -0.4 is 0 Å². The maximum absolute atomic E-state index is 12.8. The molecule has 1 unspecified atom stereocenters. The Hall–Kier alpha value is -1.67. The summed E-state index contributed by atoms with van der Waals surface area (Å²) in [5, 5.41) is 9.70. The first-order chi connectivity index (χ1) is 8.69. The van der Waals surface area contributed by atoms with Crippen LogP contribution in [0.2, 0.25) is 0 Å². The van der Waals surface area contributed by atoms with Crippen LogP contribution in [0.25, 0.3) is 0 Å². The number of hydrogen-bond donors (Lipinski definition) is 1. The largest absolute Gasteiger partial charge is 0.388 e. The third-order valence-corrected chi connectivity index (χ3v) is 3.07. The van der Waals surface area contributed by atoms with Gasteiger partial charge in [-0.1, -0.05) is 43.3 Å². The fourth-order valence-electron chi connectivity index (χ4n) is 1.93. The Bertz CT molecular complexity index is 488. The van der Waals surface area contributed by atoms with Gasteiger partial charge >= 0.3 is 0 Å². The molecule has 0 heterocycles. The molecule has 0 aromatic heterocycles. The van der Waals surface area contributed by atoms with Gasteiger partial charge in [0, 0.05) is 0 Å². The van der Waals surface area contributed by atoms with Gasteiger partial charge in [-0.25, -0.2) is 4.39 Å². The molecule has 0 spiro atoms. The van der Waals surface area contributed by atoms with E-state index in [0.29, 0.717) is 0 Å². The quantitative estimate of drug-likeness (QED) is 0.865. The highest BCUT2D eigenvalue weighted by Gasteiger charge is 2.04. The standard InChI is InChI=1S/C16H17FO/c1-2-16(18)14-7-3-12(4-8-14)11-13-5-9-15(17)10-6-13/h3-10,16,18H,2,11H2,1H3. The number of halogens is 1. The lowest BCUT2D eigenvalue weighted by molar-refractivity contribution is 0.173. The van der Waals surface area contributed by atoms with Gasteiger partial charge in [0.05, 0.1) is 6.10 Å². The van der Waals surface area contributed by atoms with Crippen molar-refractivity contribution in [2.24, 2.45) is 0 Å². The minimum Gasteiger partial charge on any atom is -0.388 e. The van der Waals surface area contributed by atoms with Crippen molar-refractivity contribution in [1.29, 1.82) is 0 Å². The average molecular weight is 244 g/mol. The fourth-order valence-corrected chi connectivity index (χ4v) is 1.93. The summed E-state index contributed by atoms with van der Waals surface area (Å²) in [5.41, 5.74) is 3.19. The van der Waals surface area contributed by atoms with Gasteiger partial charge in [0.25, 0.3) is 0 Å². The maximum atomic E-state index is 12.8. The Morgan fingerprint density at radius 2 is 1.44 bits per heavy atom. The van der Waals surface area contributed by atoms with Crippen molar-refractivity contribution in [3.63, 3.8) is 0 Å². The minimum atomic E-state index is -0.384. The highest BCUT2D eigenvalue weighted by Crippen LogP contribution is 2.18. The summed E-state index contributed by atoms with van der Waals surface area (Å²) >= 11 is 0. The Kier molecular flexibility index (Phi) is 4.11. The lowest BCUT2D eigenvalue weighted by Crippen LogP contribution is -1.95. The first-order valence-corrected chi connectivity index (χ1v) is 6.20. The van der Waals surface area contributed by atoms with Gasteiger partial charge in [-0.15, -0.1) is 0 Å². The van der Waals surface area contributed by atoms with E-state index in [4.69, 9.17) is 0 Å². The predicted molar refractivity (Wildman–Crippen MR) is 70.9 cm³/mol. The molecule has 0 aliphatic rings. The van der Waals surface area contributed by atoms with E-state index in [1.807, 2.05) is 31.2 Å². The molecular weight excluding hydrogens is 227 g/mol. The molecule has 0 amide bonds. The zero-order chi connectivity index (χ0) is 13.0. The van der Waals surface area contributed by atoms with Crippen LogP contribution in [0.5, 0.6) is 0 Å². The van der Waals surface area contributed by atoms with Crippen LogP contribution >= 0.6 is 0 Å². The number of rotatable bonds is 4. The molecule has 0 aliphatic carbocycles. The molecule has 2 heteroatoms. The van der Waals surface area contributed by atoms with Crippen molar-refractivity contribution in [3.8, 4) is 0 Å². The molecule has 0 aliphatic heterocycles. The summed E-state index contributed by atoms with van der Waals surface area (Å²) in [7, 11) is 0. The first-order valence-electron chi connectivity index (χ1n) is 6.20. The molecule has 18 heavy (non-hydrogen) atoms. The Morgan fingerprint density at radius 1 is 0.944 bits per heavy atom. The van der Waals surface area contributed by atoms with E-state index in [9.17, 15) is 9.50 Å². The van der Waals surface area contributed by atoms with E-state index in [1.54, 1.807) is 12.1 Å². The third-order valence-electron chi connectivity index (χ3n) is 3.07. The average Bonchev–Trinajstić information content (AvgIpc) is 2.41. The molecule has 0 bridgehead atoms. The van der Waals surface area contributed by atoms with Crippen LogP contribution in [0.1, 0.15) is 36.1 Å². The summed E-state index contributed by atoms with van der Waals surface area (Å²) in [6, 6.07) is 14.5.